The number of phenols is 1. The molecular weight excluding hydrogens is 427 g/mol. The van der Waals surface area contributed by atoms with E-state index in [0.717, 1.165) is 5.56 Å². The van der Waals surface area contributed by atoms with Gasteiger partial charge in [-0.1, -0.05) is 6.07 Å². The lowest BCUT2D eigenvalue weighted by Gasteiger charge is -2.59. The van der Waals surface area contributed by atoms with E-state index in [1.54, 1.807) is 19.1 Å². The van der Waals surface area contributed by atoms with Gasteiger partial charge in [0, 0.05) is 18.0 Å². The minimum atomic E-state index is -4.42. The molecule has 2 saturated heterocycles. The average Bonchev–Trinajstić information content (AvgIpc) is 2.92. The molecule has 2 heterocycles. The molecule has 1 saturated carbocycles. The normalized spacial score (nSPS) is 39.2. The summed E-state index contributed by atoms with van der Waals surface area (Å²) in [6.07, 6.45) is -3.32. The highest BCUT2D eigenvalue weighted by Gasteiger charge is 2.68. The van der Waals surface area contributed by atoms with Crippen LogP contribution in [-0.2, 0) is 16.6 Å². The van der Waals surface area contributed by atoms with Gasteiger partial charge in [-0.2, -0.15) is 13.2 Å². The molecule has 5 atom stereocenters. The fraction of sp³-hybridized carbons (Fsp3) is 0.636. The number of aliphatic hydroxyl groups is 1. The van der Waals surface area contributed by atoms with Gasteiger partial charge < -0.3 is 15.5 Å². The summed E-state index contributed by atoms with van der Waals surface area (Å²) < 4.78 is 40.3. The van der Waals surface area contributed by atoms with E-state index in [-0.39, 0.29) is 37.5 Å². The van der Waals surface area contributed by atoms with Gasteiger partial charge in [-0.3, -0.25) is 15.0 Å². The van der Waals surface area contributed by atoms with Gasteiger partial charge in [-0.05, 0) is 68.2 Å². The number of rotatable bonds is 1. The Bertz CT molecular complexity index is 1000. The van der Waals surface area contributed by atoms with E-state index in [4.69, 9.17) is 0 Å². The van der Waals surface area contributed by atoms with Crippen molar-refractivity contribution in [1.82, 2.24) is 15.5 Å². The molecule has 2 spiro atoms. The smallest absolute Gasteiger partial charge is 0.401 e. The number of amides is 3. The molecule has 1 aromatic rings. The van der Waals surface area contributed by atoms with Crippen LogP contribution in [0.5, 0.6) is 5.75 Å². The largest absolute Gasteiger partial charge is 0.508 e. The molecule has 174 valence electrons. The fourth-order valence-corrected chi connectivity index (χ4v) is 6.94. The lowest BCUT2D eigenvalue weighted by Crippen LogP contribution is -2.70. The van der Waals surface area contributed by atoms with Crippen LogP contribution in [0, 0.1) is 5.92 Å². The summed E-state index contributed by atoms with van der Waals surface area (Å²) in [6, 6.07) is 3.39. The minimum absolute atomic E-state index is 0.0116. The standard InChI is InChI=1S/C22H26F3N3O4/c1-12-21(32)5-4-20(17(30)26-18(31)27-20)10-19(21)8-13(9-28(12)11-22(23,24)25)6-14-2-3-15(29)7-16(14)19/h2-3,7,12-13,29,32H,4-6,8-11H2,1H3,(H2,26,27,30,31). The van der Waals surface area contributed by atoms with Gasteiger partial charge >= 0.3 is 12.2 Å². The maximum atomic E-state index is 13.4. The van der Waals surface area contributed by atoms with Gasteiger partial charge in [0.05, 0.1) is 12.1 Å². The van der Waals surface area contributed by atoms with Crippen molar-refractivity contribution in [3.05, 3.63) is 29.3 Å². The van der Waals surface area contributed by atoms with E-state index < -0.39 is 47.3 Å². The van der Waals surface area contributed by atoms with E-state index in [1.165, 1.54) is 11.0 Å². The molecule has 5 unspecified atom stereocenters. The number of hydrogen-bond acceptors (Lipinski definition) is 5. The van der Waals surface area contributed by atoms with Crippen LogP contribution in [-0.4, -0.2) is 63.5 Å². The Balaban J connectivity index is 1.69. The van der Waals surface area contributed by atoms with Crippen LogP contribution < -0.4 is 10.6 Å². The van der Waals surface area contributed by atoms with Crippen molar-refractivity contribution in [3.8, 4) is 5.75 Å². The van der Waals surface area contributed by atoms with Crippen molar-refractivity contribution in [3.63, 3.8) is 0 Å². The predicted octanol–water partition coefficient (Wildman–Crippen LogP) is 1.95. The Morgan fingerprint density at radius 1 is 1.25 bits per heavy atom. The Morgan fingerprint density at radius 3 is 2.66 bits per heavy atom. The summed E-state index contributed by atoms with van der Waals surface area (Å²) in [7, 11) is 0. The second-order valence-electron chi connectivity index (χ2n) is 10.0. The monoisotopic (exact) mass is 453 g/mol. The van der Waals surface area contributed by atoms with E-state index in [2.05, 4.69) is 10.6 Å². The summed E-state index contributed by atoms with van der Waals surface area (Å²) >= 11 is 0. The first-order valence-electron chi connectivity index (χ1n) is 10.9. The van der Waals surface area contributed by atoms with Gasteiger partial charge in [-0.15, -0.1) is 0 Å². The summed E-state index contributed by atoms with van der Waals surface area (Å²) in [6.45, 7) is 0.644. The first-order valence-corrected chi connectivity index (χ1v) is 10.9. The first-order chi connectivity index (χ1) is 14.9. The Morgan fingerprint density at radius 2 is 2.00 bits per heavy atom. The molecule has 0 aromatic heterocycles. The van der Waals surface area contributed by atoms with Gasteiger partial charge in [-0.25, -0.2) is 4.79 Å². The molecule has 10 heteroatoms. The molecule has 3 amide bonds. The molecule has 4 aliphatic rings. The van der Waals surface area contributed by atoms with Crippen LogP contribution in [0.15, 0.2) is 18.2 Å². The second-order valence-corrected chi connectivity index (χ2v) is 10.0. The number of halogens is 3. The molecule has 1 aromatic carbocycles. The van der Waals surface area contributed by atoms with Crippen LogP contribution in [0.4, 0.5) is 18.0 Å². The van der Waals surface area contributed by atoms with Gasteiger partial charge in [0.1, 0.15) is 11.3 Å². The molecule has 3 fully saturated rings. The molecule has 2 bridgehead atoms. The van der Waals surface area contributed by atoms with Crippen LogP contribution in [0.1, 0.15) is 43.7 Å². The predicted molar refractivity (Wildman–Crippen MR) is 107 cm³/mol. The lowest BCUT2D eigenvalue weighted by molar-refractivity contribution is -0.175. The maximum absolute atomic E-state index is 13.4. The molecule has 2 aliphatic carbocycles. The number of hydrogen-bond donors (Lipinski definition) is 4. The van der Waals surface area contributed by atoms with Gasteiger partial charge in [0.2, 0.25) is 0 Å². The quantitative estimate of drug-likeness (QED) is 0.487. The Labute approximate surface area is 183 Å². The number of alkyl halides is 3. The SMILES string of the molecule is CC1N(CC(F)(F)F)CC2Cc3ccc(O)cc3C3(C2)CC2(CCC13O)NC(=O)NC2=O. The van der Waals surface area contributed by atoms with Crippen molar-refractivity contribution in [2.24, 2.45) is 5.92 Å². The highest BCUT2D eigenvalue weighted by molar-refractivity contribution is 6.07. The number of phenolic OH excluding ortho intramolecular Hbond substituents is 1. The topological polar surface area (TPSA) is 102 Å². The molecule has 2 aliphatic heterocycles. The zero-order valence-corrected chi connectivity index (χ0v) is 17.6. The summed E-state index contributed by atoms with van der Waals surface area (Å²) in [5.41, 5.74) is -2.43. The van der Waals surface area contributed by atoms with Gasteiger partial charge in [0.15, 0.2) is 0 Å². The number of benzene rings is 1. The Hall–Kier alpha value is -2.33. The summed E-state index contributed by atoms with van der Waals surface area (Å²) in [4.78, 5) is 26.1. The second kappa shape index (κ2) is 6.60. The van der Waals surface area contributed by atoms with Crippen LogP contribution in [0.3, 0.4) is 0 Å². The first kappa shape index (κ1) is 21.5. The zero-order valence-electron chi connectivity index (χ0n) is 17.6. The third-order valence-electron chi connectivity index (χ3n) is 8.25. The fourth-order valence-electron chi connectivity index (χ4n) is 6.94. The van der Waals surface area contributed by atoms with E-state index in [9.17, 15) is 33.0 Å². The van der Waals surface area contributed by atoms with Crippen molar-refractivity contribution in [2.45, 2.75) is 67.8 Å². The number of carbonyl (C=O) groups is 2. The Kier molecular flexibility index (Phi) is 4.44. The minimum Gasteiger partial charge on any atom is -0.508 e. The highest BCUT2D eigenvalue weighted by atomic mass is 19.4. The number of nitrogens with zero attached hydrogens (tertiary/aromatic N) is 1. The van der Waals surface area contributed by atoms with Crippen LogP contribution in [0.2, 0.25) is 0 Å². The van der Waals surface area contributed by atoms with Crippen molar-refractivity contribution >= 4 is 11.9 Å². The number of imide groups is 1. The average molecular weight is 453 g/mol. The van der Waals surface area contributed by atoms with Crippen LogP contribution >= 0.6 is 0 Å². The lowest BCUT2D eigenvalue weighted by atomic mass is 9.49. The number of carbonyl (C=O) groups excluding carboxylic acids is 2. The van der Waals surface area contributed by atoms with E-state index in [1.807, 2.05) is 0 Å². The van der Waals surface area contributed by atoms with Crippen molar-refractivity contribution < 1.29 is 33.0 Å². The van der Waals surface area contributed by atoms with Crippen molar-refractivity contribution in [2.75, 3.05) is 13.1 Å². The number of aromatic hydroxyl groups is 1. The number of urea groups is 1. The van der Waals surface area contributed by atoms with E-state index in [0.29, 0.717) is 18.4 Å². The summed E-state index contributed by atoms with van der Waals surface area (Å²) in [5.74, 6) is -0.671. The summed E-state index contributed by atoms with van der Waals surface area (Å²) in [5, 5.41) is 27.5. The van der Waals surface area contributed by atoms with E-state index >= 15 is 0 Å². The molecule has 0 radical (unpaired) electrons. The number of likely N-dealkylation sites (tertiary alicyclic amines) is 1. The molecule has 32 heavy (non-hydrogen) atoms. The number of nitrogens with one attached hydrogen (secondary N) is 2. The molecule has 5 rings (SSSR count). The zero-order chi connectivity index (χ0) is 23.1. The third kappa shape index (κ3) is 2.95. The molecular formula is C22H26F3N3O4. The maximum Gasteiger partial charge on any atom is 0.401 e. The third-order valence-corrected chi connectivity index (χ3v) is 8.25. The van der Waals surface area contributed by atoms with Crippen molar-refractivity contribution in [1.29, 1.82) is 0 Å². The van der Waals surface area contributed by atoms with Gasteiger partial charge in [0.25, 0.3) is 5.91 Å². The highest BCUT2D eigenvalue weighted by Crippen LogP contribution is 2.60. The molecule has 7 nitrogen and oxygen atoms in total. The van der Waals surface area contributed by atoms with Crippen LogP contribution in [0.25, 0.3) is 0 Å². The number of fused-ring (bicyclic) bond motifs is 2. The molecule has 4 N–H and O–H groups in total.